The smallest absolute Gasteiger partial charge is 0.246 e. The molecule has 0 aliphatic carbocycles. The number of anilines is 1. The molecule has 0 radical (unpaired) electrons. The average molecular weight is 293 g/mol. The summed E-state index contributed by atoms with van der Waals surface area (Å²) in [6.07, 6.45) is 0.591. The highest BCUT2D eigenvalue weighted by molar-refractivity contribution is 6.02. The molecule has 21 heavy (non-hydrogen) atoms. The van der Waals surface area contributed by atoms with Gasteiger partial charge in [-0.3, -0.25) is 14.9 Å². The number of rotatable bonds is 5. The number of likely N-dealkylation sites (N-methyl/N-ethyl adjacent to an activating group) is 1. The third kappa shape index (κ3) is 3.39. The van der Waals surface area contributed by atoms with Crippen molar-refractivity contribution in [3.63, 3.8) is 0 Å². The molecule has 0 saturated carbocycles. The van der Waals surface area contributed by atoms with Crippen molar-refractivity contribution in [3.05, 3.63) is 29.6 Å². The van der Waals surface area contributed by atoms with Crippen LogP contribution in [0.1, 0.15) is 31.9 Å². The molecule has 2 unspecified atom stereocenters. The fourth-order valence-corrected chi connectivity index (χ4v) is 2.50. The maximum atomic E-state index is 13.4. The molecule has 2 atom stereocenters. The van der Waals surface area contributed by atoms with Crippen LogP contribution < -0.4 is 16.0 Å². The fraction of sp³-hybridized carbons (Fsp3) is 0.467. The zero-order valence-corrected chi connectivity index (χ0v) is 12.4. The van der Waals surface area contributed by atoms with Gasteiger partial charge in [-0.15, -0.1) is 0 Å². The highest BCUT2D eigenvalue weighted by atomic mass is 19.1. The van der Waals surface area contributed by atoms with Gasteiger partial charge in [-0.25, -0.2) is 4.39 Å². The summed E-state index contributed by atoms with van der Waals surface area (Å²) in [5.74, 6) is -0.566. The lowest BCUT2D eigenvalue weighted by atomic mass is 10.0. The van der Waals surface area contributed by atoms with E-state index >= 15 is 0 Å². The minimum Gasteiger partial charge on any atom is -0.358 e. The summed E-state index contributed by atoms with van der Waals surface area (Å²) < 4.78 is 13.4. The third-order valence-corrected chi connectivity index (χ3v) is 3.48. The molecular formula is C15H20FN3O2. The molecule has 2 rings (SSSR count). The molecule has 0 spiro atoms. The molecule has 1 aliphatic heterocycles. The molecule has 1 aromatic rings. The fourth-order valence-electron chi connectivity index (χ4n) is 2.50. The zero-order chi connectivity index (χ0) is 15.6. The van der Waals surface area contributed by atoms with Crippen LogP contribution in [0.2, 0.25) is 0 Å². The molecule has 0 aromatic heterocycles. The number of nitrogens with one attached hydrogen (secondary N) is 3. The van der Waals surface area contributed by atoms with E-state index in [1.165, 1.54) is 18.2 Å². The van der Waals surface area contributed by atoms with E-state index in [9.17, 15) is 14.0 Å². The van der Waals surface area contributed by atoms with Crippen LogP contribution in [-0.4, -0.2) is 24.9 Å². The summed E-state index contributed by atoms with van der Waals surface area (Å²) in [6.45, 7) is 4.00. The van der Waals surface area contributed by atoms with Gasteiger partial charge in [0.1, 0.15) is 11.9 Å². The number of benzene rings is 1. The first-order valence-corrected chi connectivity index (χ1v) is 7.00. The number of fused-ring (bicyclic) bond motifs is 1. The molecule has 0 bridgehead atoms. The maximum Gasteiger partial charge on any atom is 0.246 e. The van der Waals surface area contributed by atoms with Crippen molar-refractivity contribution in [1.82, 2.24) is 10.6 Å². The normalized spacial score (nSPS) is 18.3. The lowest BCUT2D eigenvalue weighted by Crippen LogP contribution is -2.46. The Balaban J connectivity index is 2.23. The van der Waals surface area contributed by atoms with E-state index in [4.69, 9.17) is 0 Å². The van der Waals surface area contributed by atoms with Crippen molar-refractivity contribution in [1.29, 1.82) is 0 Å². The van der Waals surface area contributed by atoms with E-state index in [0.29, 0.717) is 17.7 Å². The van der Waals surface area contributed by atoms with E-state index in [2.05, 4.69) is 16.0 Å². The first kappa shape index (κ1) is 15.4. The Morgan fingerprint density at radius 3 is 2.76 bits per heavy atom. The van der Waals surface area contributed by atoms with Crippen LogP contribution in [0.25, 0.3) is 0 Å². The summed E-state index contributed by atoms with van der Waals surface area (Å²) in [6, 6.07) is 2.94. The van der Waals surface area contributed by atoms with Gasteiger partial charge >= 0.3 is 0 Å². The van der Waals surface area contributed by atoms with E-state index < -0.39 is 17.9 Å². The van der Waals surface area contributed by atoms with Gasteiger partial charge in [0.2, 0.25) is 11.8 Å². The first-order chi connectivity index (χ1) is 9.92. The monoisotopic (exact) mass is 293 g/mol. The van der Waals surface area contributed by atoms with Crippen LogP contribution in [0.15, 0.2) is 18.2 Å². The number of halogens is 1. The van der Waals surface area contributed by atoms with Gasteiger partial charge in [0.25, 0.3) is 0 Å². The predicted octanol–water partition coefficient (Wildman–Crippen LogP) is 1.57. The lowest BCUT2D eigenvalue weighted by molar-refractivity contribution is -0.124. The molecule has 6 heteroatoms. The molecule has 3 N–H and O–H groups in total. The Labute approximate surface area is 123 Å². The van der Waals surface area contributed by atoms with Crippen molar-refractivity contribution in [3.8, 4) is 0 Å². The number of hydrogen-bond acceptors (Lipinski definition) is 3. The number of carbonyl (C=O) groups is 2. The summed E-state index contributed by atoms with van der Waals surface area (Å²) in [5.41, 5.74) is 1.12. The van der Waals surface area contributed by atoms with Crippen molar-refractivity contribution in [2.75, 3.05) is 12.4 Å². The average Bonchev–Trinajstić information content (AvgIpc) is 2.72. The molecule has 2 amide bonds. The van der Waals surface area contributed by atoms with Crippen LogP contribution in [0.5, 0.6) is 0 Å². The van der Waals surface area contributed by atoms with Crippen LogP contribution in [-0.2, 0) is 9.59 Å². The van der Waals surface area contributed by atoms with Gasteiger partial charge in [-0.1, -0.05) is 13.8 Å². The number of hydrogen-bond donors (Lipinski definition) is 3. The Morgan fingerprint density at radius 2 is 2.14 bits per heavy atom. The molecule has 1 heterocycles. The van der Waals surface area contributed by atoms with E-state index in [1.54, 1.807) is 7.05 Å². The number of amides is 2. The molecule has 5 nitrogen and oxygen atoms in total. The maximum absolute atomic E-state index is 13.4. The van der Waals surface area contributed by atoms with Crippen molar-refractivity contribution in [2.45, 2.75) is 32.4 Å². The Bertz CT molecular complexity index is 560. The SMILES string of the molecule is CNC(=O)C(CC(C)C)NC1C(=O)Nc2ccc(F)cc21. The summed E-state index contributed by atoms with van der Waals surface area (Å²) in [4.78, 5) is 24.0. The highest BCUT2D eigenvalue weighted by Gasteiger charge is 2.34. The second kappa shape index (κ2) is 6.22. The topological polar surface area (TPSA) is 70.2 Å². The predicted molar refractivity (Wildman–Crippen MR) is 78.2 cm³/mol. The van der Waals surface area contributed by atoms with Crippen LogP contribution >= 0.6 is 0 Å². The quantitative estimate of drug-likeness (QED) is 0.772. The van der Waals surface area contributed by atoms with E-state index in [1.807, 2.05) is 13.8 Å². The van der Waals surface area contributed by atoms with Gasteiger partial charge in [0, 0.05) is 18.3 Å². The summed E-state index contributed by atoms with van der Waals surface area (Å²) >= 11 is 0. The van der Waals surface area contributed by atoms with Gasteiger partial charge in [0.15, 0.2) is 0 Å². The molecule has 0 saturated heterocycles. The Hall–Kier alpha value is -1.95. The van der Waals surface area contributed by atoms with Gasteiger partial charge in [-0.05, 0) is 30.5 Å². The molecule has 1 aromatic carbocycles. The minimum absolute atomic E-state index is 0.179. The van der Waals surface area contributed by atoms with Crippen LogP contribution in [0.3, 0.4) is 0 Å². The third-order valence-electron chi connectivity index (χ3n) is 3.48. The minimum atomic E-state index is -0.711. The van der Waals surface area contributed by atoms with Gasteiger partial charge in [0.05, 0.1) is 6.04 Å². The first-order valence-electron chi connectivity index (χ1n) is 7.00. The summed E-state index contributed by atoms with van der Waals surface area (Å²) in [5, 5.41) is 8.32. The molecule has 1 aliphatic rings. The second-order valence-electron chi connectivity index (χ2n) is 5.62. The van der Waals surface area contributed by atoms with E-state index in [-0.39, 0.29) is 17.7 Å². The highest BCUT2D eigenvalue weighted by Crippen LogP contribution is 2.31. The van der Waals surface area contributed by atoms with Crippen molar-refractivity contribution >= 4 is 17.5 Å². The Morgan fingerprint density at radius 1 is 1.43 bits per heavy atom. The van der Waals surface area contributed by atoms with Crippen LogP contribution in [0.4, 0.5) is 10.1 Å². The standard InChI is InChI=1S/C15H20FN3O2/c1-8(2)6-12(14(20)17-3)18-13-10-7-9(16)4-5-11(10)19-15(13)21/h4-5,7-8,12-13,18H,6H2,1-3H3,(H,17,20)(H,19,21). The molecular weight excluding hydrogens is 273 g/mol. The lowest BCUT2D eigenvalue weighted by Gasteiger charge is -2.22. The largest absolute Gasteiger partial charge is 0.358 e. The number of carbonyl (C=O) groups excluding carboxylic acids is 2. The van der Waals surface area contributed by atoms with Gasteiger partial charge in [-0.2, -0.15) is 0 Å². The molecule has 114 valence electrons. The van der Waals surface area contributed by atoms with Crippen LogP contribution in [0, 0.1) is 11.7 Å². The summed E-state index contributed by atoms with van der Waals surface area (Å²) in [7, 11) is 1.56. The zero-order valence-electron chi connectivity index (χ0n) is 12.4. The van der Waals surface area contributed by atoms with Crippen molar-refractivity contribution in [2.24, 2.45) is 5.92 Å². The Kier molecular flexibility index (Phi) is 4.57. The van der Waals surface area contributed by atoms with Crippen molar-refractivity contribution < 1.29 is 14.0 Å². The molecule has 0 fully saturated rings. The van der Waals surface area contributed by atoms with E-state index in [0.717, 1.165) is 0 Å². The second-order valence-corrected chi connectivity index (χ2v) is 5.62. The van der Waals surface area contributed by atoms with Gasteiger partial charge < -0.3 is 10.6 Å².